The molecule has 4 saturated heterocycles. The number of carbonyl (C=O) groups is 5. The Morgan fingerprint density at radius 1 is 0.624 bits per heavy atom. The lowest BCUT2D eigenvalue weighted by Crippen LogP contribution is -2.69. The fraction of sp³-hybridized carbons (Fsp3) is 0.792. The van der Waals surface area contributed by atoms with Crippen LogP contribution in [0.3, 0.4) is 0 Å². The van der Waals surface area contributed by atoms with E-state index in [4.69, 9.17) is 52.1 Å². The Morgan fingerprint density at radius 2 is 1.29 bits per heavy atom. The number of ether oxygens (including phenoxy) is 11. The molecule has 29 heteroatoms. The number of rotatable bonds is 17. The molecule has 0 amide bonds. The molecule has 26 unspecified atom stereocenters. The number of esters is 3. The van der Waals surface area contributed by atoms with Crippen LogP contribution in [0.15, 0.2) is 42.5 Å². The van der Waals surface area contributed by atoms with Gasteiger partial charge in [-0.3, -0.25) is 9.59 Å². The molecule has 566 valence electrons. The van der Waals surface area contributed by atoms with E-state index >= 15 is 4.79 Å². The number of hydrogen-bond donors (Lipinski definition) is 13. The van der Waals surface area contributed by atoms with Crippen molar-refractivity contribution in [1.82, 2.24) is 0 Å². The zero-order valence-electron chi connectivity index (χ0n) is 58.6. The number of benzene rings is 1. The van der Waals surface area contributed by atoms with Gasteiger partial charge in [-0.15, -0.1) is 0 Å². The Morgan fingerprint density at radius 3 is 1.95 bits per heavy atom. The van der Waals surface area contributed by atoms with Gasteiger partial charge in [-0.05, 0) is 128 Å². The van der Waals surface area contributed by atoms with Gasteiger partial charge >= 0.3 is 23.9 Å². The molecular weight excluding hydrogens is 1330 g/mol. The quantitative estimate of drug-likeness (QED) is 0.0248. The second-order valence-corrected chi connectivity index (χ2v) is 32.3. The van der Waals surface area contributed by atoms with Gasteiger partial charge in [0.2, 0.25) is 6.29 Å². The third-order valence-electron chi connectivity index (χ3n) is 25.3. The summed E-state index contributed by atoms with van der Waals surface area (Å²) < 4.78 is 67.7. The minimum absolute atomic E-state index is 0.00778. The first-order valence-electron chi connectivity index (χ1n) is 35.4. The van der Waals surface area contributed by atoms with Gasteiger partial charge in [-0.2, -0.15) is 0 Å². The van der Waals surface area contributed by atoms with Gasteiger partial charge in [0.05, 0.1) is 55.1 Å². The first-order chi connectivity index (χ1) is 47.4. The molecular formula is C72H104O29. The second-order valence-electron chi connectivity index (χ2n) is 32.3. The molecule has 9 fully saturated rings. The highest BCUT2D eigenvalue weighted by Crippen LogP contribution is 2.75. The van der Waals surface area contributed by atoms with Crippen molar-refractivity contribution in [3.05, 3.63) is 53.6 Å². The topological polar surface area (TPSA) is 450 Å². The van der Waals surface area contributed by atoms with Gasteiger partial charge < -0.3 is 123 Å². The summed E-state index contributed by atoms with van der Waals surface area (Å²) >= 11 is 0. The molecule has 0 spiro atoms. The third kappa shape index (κ3) is 14.3. The number of aliphatic hydroxyl groups excluding tert-OH is 12. The van der Waals surface area contributed by atoms with Gasteiger partial charge in [0.1, 0.15) is 79.5 Å². The van der Waals surface area contributed by atoms with Crippen LogP contribution in [0.1, 0.15) is 125 Å². The average molecular weight is 1430 g/mol. The fourth-order valence-electron chi connectivity index (χ4n) is 19.7. The predicted molar refractivity (Wildman–Crippen MR) is 346 cm³/mol. The predicted octanol–water partition coefficient (Wildman–Crippen LogP) is 0.244. The summed E-state index contributed by atoms with van der Waals surface area (Å²) in [5, 5.41) is 143. The molecule has 1 aromatic carbocycles. The number of fused-ring (bicyclic) bond motifs is 7. The molecule has 4 heterocycles. The molecule has 1 aromatic rings. The van der Waals surface area contributed by atoms with Gasteiger partial charge in [-0.25, -0.2) is 9.59 Å². The molecule has 4 aliphatic heterocycles. The maximum atomic E-state index is 15.5. The average Bonchev–Trinajstić information content (AvgIpc) is 0.677. The maximum Gasteiger partial charge on any atom is 0.335 e. The molecule has 5 saturated carbocycles. The number of carboxylic acids is 1. The van der Waals surface area contributed by atoms with Crippen molar-refractivity contribution in [2.45, 2.75) is 274 Å². The molecule has 0 aromatic heterocycles. The normalized spacial score (nSPS) is 49.6. The van der Waals surface area contributed by atoms with E-state index in [0.29, 0.717) is 31.2 Å². The highest BCUT2D eigenvalue weighted by Gasteiger charge is 2.71. The van der Waals surface area contributed by atoms with Crippen LogP contribution in [-0.4, -0.2) is 263 Å². The van der Waals surface area contributed by atoms with Gasteiger partial charge in [0.15, 0.2) is 43.3 Å². The van der Waals surface area contributed by atoms with E-state index in [9.17, 15) is 85.6 Å². The lowest BCUT2D eigenvalue weighted by Gasteiger charge is -2.71. The van der Waals surface area contributed by atoms with Gasteiger partial charge in [0.25, 0.3) is 0 Å². The number of carboxylic acid groups (broad SMARTS) is 1. The molecule has 101 heavy (non-hydrogen) atoms. The van der Waals surface area contributed by atoms with Crippen molar-refractivity contribution in [2.75, 3.05) is 13.2 Å². The van der Waals surface area contributed by atoms with E-state index in [1.54, 1.807) is 26.8 Å². The van der Waals surface area contributed by atoms with Gasteiger partial charge in [0, 0.05) is 18.9 Å². The summed E-state index contributed by atoms with van der Waals surface area (Å²) in [4.78, 5) is 69.5. The number of allylic oxidation sites excluding steroid dienone is 2. The van der Waals surface area contributed by atoms with Crippen LogP contribution in [0.5, 0.6) is 0 Å². The number of hydrogen-bond acceptors (Lipinski definition) is 28. The highest BCUT2D eigenvalue weighted by molar-refractivity contribution is 5.87. The first-order valence-corrected chi connectivity index (χ1v) is 35.4. The van der Waals surface area contributed by atoms with Crippen LogP contribution < -0.4 is 0 Å². The van der Waals surface area contributed by atoms with E-state index in [2.05, 4.69) is 46.8 Å². The number of aliphatic carboxylic acids is 1. The minimum atomic E-state index is -2.20. The minimum Gasteiger partial charge on any atom is -0.479 e. The molecule has 0 radical (unpaired) electrons. The number of aldehydes is 1. The summed E-state index contributed by atoms with van der Waals surface area (Å²) in [6, 6.07) is 7.37. The zero-order chi connectivity index (χ0) is 73.7. The smallest absolute Gasteiger partial charge is 0.335 e. The summed E-state index contributed by atoms with van der Waals surface area (Å²) in [7, 11) is 0. The molecule has 11 rings (SSSR count). The molecule has 29 nitrogen and oxygen atoms in total. The lowest BCUT2D eigenvalue weighted by molar-refractivity contribution is -0.391. The monoisotopic (exact) mass is 1430 g/mol. The highest BCUT2D eigenvalue weighted by atomic mass is 16.8. The van der Waals surface area contributed by atoms with Crippen LogP contribution in [0, 0.1) is 75.4 Å². The lowest BCUT2D eigenvalue weighted by atomic mass is 9.33. The zero-order valence-corrected chi connectivity index (χ0v) is 58.6. The van der Waals surface area contributed by atoms with E-state index in [1.165, 1.54) is 6.08 Å². The molecule has 10 aliphatic rings. The third-order valence-corrected chi connectivity index (χ3v) is 25.3. The van der Waals surface area contributed by atoms with Crippen molar-refractivity contribution in [2.24, 2.45) is 68.5 Å². The van der Waals surface area contributed by atoms with Crippen LogP contribution >= 0.6 is 0 Å². The van der Waals surface area contributed by atoms with Crippen molar-refractivity contribution >= 4 is 36.2 Å². The number of aliphatic hydroxyl groups is 12. The van der Waals surface area contributed by atoms with Crippen molar-refractivity contribution in [3.8, 4) is 0 Å². The Balaban J connectivity index is 0.863. The van der Waals surface area contributed by atoms with Crippen LogP contribution in [0.25, 0.3) is 6.08 Å². The van der Waals surface area contributed by atoms with Crippen LogP contribution in [0.2, 0.25) is 0 Å². The summed E-state index contributed by atoms with van der Waals surface area (Å²) in [6.45, 7) is 17.2. The Hall–Kier alpha value is -4.55. The number of aryl methyl sites for hydroxylation is 1. The molecule has 13 N–H and O–H groups in total. The van der Waals surface area contributed by atoms with E-state index in [0.717, 1.165) is 18.8 Å². The first kappa shape index (κ1) is 77.5. The van der Waals surface area contributed by atoms with E-state index < -0.39 is 241 Å². The van der Waals surface area contributed by atoms with E-state index in [-0.39, 0.29) is 43.4 Å². The van der Waals surface area contributed by atoms with Crippen molar-refractivity contribution in [1.29, 1.82) is 0 Å². The van der Waals surface area contributed by atoms with Crippen LogP contribution in [-0.2, 0) is 76.1 Å². The molecule has 36 atom stereocenters. The molecule has 6 aliphatic carbocycles. The Labute approximate surface area is 585 Å². The maximum absolute atomic E-state index is 15.5. The SMILES string of the molecule is CC(=O)OC1C(OC(=O)/C=C\c2ccc(C)cc2)C(C)OC(OC(=O)[C@@H]2CC(C)(C)C[C@@H]3C2[C@H](O)C[C@]2(C)C3C=C[C@@H]3[C@@]4(C)CC[C@H](OC5OC(C(=O)O)C(O)C(OC6OCC(O)C(O)C6O)C5OC5OC(CO)C(O)C(O)C5O)[C@@](C)(C=O)[C@@H]4CC[C@]32C)C1OC1CC(C)C(O)C(O)C1O. The summed E-state index contributed by atoms with van der Waals surface area (Å²) in [6.07, 6.45) is -31.7. The Bertz CT molecular complexity index is 3180. The fourth-order valence-corrected chi connectivity index (χ4v) is 19.7. The van der Waals surface area contributed by atoms with Gasteiger partial charge in [-0.1, -0.05) is 90.4 Å². The Kier molecular flexibility index (Phi) is 22.8. The summed E-state index contributed by atoms with van der Waals surface area (Å²) in [5.74, 6) is -7.61. The van der Waals surface area contributed by atoms with Crippen molar-refractivity contribution < 1.29 is 142 Å². The van der Waals surface area contributed by atoms with Crippen molar-refractivity contribution in [3.63, 3.8) is 0 Å². The second kappa shape index (κ2) is 29.7. The standard InChI is InChI=1S/C72H104O29/c1-30-11-13-34(14-12-30)15-18-45(78)97-56-32(3)92-66(61(59(56)93-33(4)75)94-40-23-31(2)47(79)51(83)49(40)81)101-63(90)36-25-68(5,6)24-35-37-16-17-43-69(7)21-20-44(70(8,29-74)42(69)19-22-71(43,9)72(37,10)26-38(76)46(35)36)96-67-60(100-65-54(86)52(84)50(82)41(27-73)95-65)57(55(87)58(99-67)62(88)89)98-64-53(85)48(80)39(77)28-91-64/h11-18,29,31-32,35-44,46-61,64-67,73,76-77,79-87H,19-28H2,1-10H3,(H,88,89)/b18-15-/t31?,32?,35-,36+,37?,38+,39?,40?,41?,42+,43+,44-,46?,47?,48?,49?,50?,51?,52?,53?,54?,55?,56?,57?,58?,59?,60?,61?,64?,65?,66?,67?,69-,70-,71+,72+/m0/s1. The molecule has 0 bridgehead atoms. The largest absolute Gasteiger partial charge is 0.479 e. The summed E-state index contributed by atoms with van der Waals surface area (Å²) in [5.41, 5.74) is -2.15. The van der Waals surface area contributed by atoms with E-state index in [1.807, 2.05) is 31.2 Å². The van der Waals surface area contributed by atoms with Crippen LogP contribution in [0.4, 0.5) is 0 Å². The number of carbonyl (C=O) groups excluding carboxylic acids is 4.